The molecule has 2 rings (SSSR count). The predicted octanol–water partition coefficient (Wildman–Crippen LogP) is 2.73. The van der Waals surface area contributed by atoms with Gasteiger partial charge in [0.05, 0.1) is 22.6 Å². The quantitative estimate of drug-likeness (QED) is 0.823. The Bertz CT molecular complexity index is 774. The summed E-state index contributed by atoms with van der Waals surface area (Å²) in [6, 6.07) is 3.58. The highest BCUT2D eigenvalue weighted by Gasteiger charge is 2.16. The van der Waals surface area contributed by atoms with Crippen molar-refractivity contribution >= 4 is 33.5 Å². The van der Waals surface area contributed by atoms with Gasteiger partial charge in [0, 0.05) is 11.5 Å². The number of carbonyl (C=O) groups is 2. The number of esters is 1. The molecule has 0 aliphatic heterocycles. The van der Waals surface area contributed by atoms with Crippen LogP contribution in [0.25, 0.3) is 0 Å². The highest BCUT2D eigenvalue weighted by molar-refractivity contribution is 9.10. The second-order valence-corrected chi connectivity index (χ2v) is 5.77. The van der Waals surface area contributed by atoms with E-state index in [0.29, 0.717) is 11.4 Å². The van der Waals surface area contributed by atoms with Crippen LogP contribution in [0.15, 0.2) is 22.7 Å². The predicted molar refractivity (Wildman–Crippen MR) is 85.7 cm³/mol. The van der Waals surface area contributed by atoms with Gasteiger partial charge in [0.25, 0.3) is 5.91 Å². The molecule has 1 N–H and O–H groups in total. The van der Waals surface area contributed by atoms with Gasteiger partial charge in [0.2, 0.25) is 0 Å². The van der Waals surface area contributed by atoms with Crippen LogP contribution in [0.2, 0.25) is 0 Å². The van der Waals surface area contributed by atoms with Crippen molar-refractivity contribution in [1.29, 1.82) is 0 Å². The number of aryl methyl sites for hydroxylation is 2. The van der Waals surface area contributed by atoms with Crippen LogP contribution in [-0.4, -0.2) is 28.3 Å². The maximum atomic E-state index is 13.0. The van der Waals surface area contributed by atoms with Crippen LogP contribution < -0.4 is 5.32 Å². The maximum Gasteiger partial charge on any atom is 0.339 e. The summed E-state index contributed by atoms with van der Waals surface area (Å²) in [6.07, 6.45) is 0. The molecular formula is C15H15BrFN3O3. The van der Waals surface area contributed by atoms with E-state index >= 15 is 0 Å². The summed E-state index contributed by atoms with van der Waals surface area (Å²) in [7, 11) is 1.77. The molecule has 0 saturated carbocycles. The minimum atomic E-state index is -0.716. The fourth-order valence-electron chi connectivity index (χ4n) is 1.99. The molecule has 122 valence electrons. The molecule has 2 aromatic rings. The molecule has 0 radical (unpaired) electrons. The van der Waals surface area contributed by atoms with Crippen molar-refractivity contribution in [3.63, 3.8) is 0 Å². The molecule has 0 fully saturated rings. The van der Waals surface area contributed by atoms with Gasteiger partial charge in [-0.05, 0) is 48.0 Å². The third kappa shape index (κ3) is 3.95. The summed E-state index contributed by atoms with van der Waals surface area (Å²) in [5.74, 6) is -1.67. The van der Waals surface area contributed by atoms with Crippen LogP contribution in [-0.2, 0) is 16.6 Å². The Labute approximate surface area is 140 Å². The van der Waals surface area contributed by atoms with Gasteiger partial charge < -0.3 is 10.1 Å². The molecule has 1 aromatic carbocycles. The molecule has 0 spiro atoms. The van der Waals surface area contributed by atoms with E-state index in [1.165, 1.54) is 6.07 Å². The van der Waals surface area contributed by atoms with Gasteiger partial charge in [-0.2, -0.15) is 5.10 Å². The molecule has 8 heteroatoms. The first-order chi connectivity index (χ1) is 10.8. The lowest BCUT2D eigenvalue weighted by Crippen LogP contribution is -2.21. The second kappa shape index (κ2) is 6.91. The molecule has 6 nitrogen and oxygen atoms in total. The zero-order valence-corrected chi connectivity index (χ0v) is 14.4. The monoisotopic (exact) mass is 383 g/mol. The van der Waals surface area contributed by atoms with Crippen LogP contribution in [0.4, 0.5) is 10.1 Å². The zero-order chi connectivity index (χ0) is 17.1. The molecule has 0 bridgehead atoms. The van der Waals surface area contributed by atoms with E-state index in [1.54, 1.807) is 18.7 Å². The topological polar surface area (TPSA) is 73.2 Å². The number of aromatic nitrogens is 2. The molecular weight excluding hydrogens is 369 g/mol. The number of amides is 1. The van der Waals surface area contributed by atoms with Crippen molar-refractivity contribution in [3.8, 4) is 0 Å². The Morgan fingerprint density at radius 3 is 2.65 bits per heavy atom. The first kappa shape index (κ1) is 17.1. The van der Waals surface area contributed by atoms with Crippen molar-refractivity contribution in [2.24, 2.45) is 7.05 Å². The molecule has 0 unspecified atom stereocenters. The zero-order valence-electron chi connectivity index (χ0n) is 12.8. The summed E-state index contributed by atoms with van der Waals surface area (Å²) in [6.45, 7) is 3.14. The number of carbonyl (C=O) groups excluding carboxylic acids is 2. The summed E-state index contributed by atoms with van der Waals surface area (Å²) >= 11 is 3.08. The largest absolute Gasteiger partial charge is 0.452 e. The number of hydrogen-bond donors (Lipinski definition) is 1. The number of nitrogens with zero attached hydrogens (tertiary/aromatic N) is 2. The van der Waals surface area contributed by atoms with E-state index in [0.717, 1.165) is 17.8 Å². The first-order valence-electron chi connectivity index (χ1n) is 6.72. The first-order valence-corrected chi connectivity index (χ1v) is 7.51. The average Bonchev–Trinajstić information content (AvgIpc) is 2.71. The molecule has 1 aromatic heterocycles. The van der Waals surface area contributed by atoms with E-state index in [-0.39, 0.29) is 10.0 Å². The smallest absolute Gasteiger partial charge is 0.339 e. The van der Waals surface area contributed by atoms with Crippen molar-refractivity contribution < 1.29 is 18.7 Å². The molecule has 0 atom stereocenters. The molecule has 0 saturated heterocycles. The number of halogens is 2. The van der Waals surface area contributed by atoms with Gasteiger partial charge in [0.1, 0.15) is 5.82 Å². The standard InChI is InChI=1S/C15H15BrFN3O3/c1-8-14(9(2)20(3)19-8)18-13(21)7-23-15(22)11-5-4-10(17)6-12(11)16/h4-6H,7H2,1-3H3,(H,18,21). The SMILES string of the molecule is Cc1nn(C)c(C)c1NC(=O)COC(=O)c1ccc(F)cc1Br. The molecule has 0 aliphatic carbocycles. The van der Waals surface area contributed by atoms with Gasteiger partial charge in [-0.25, -0.2) is 9.18 Å². The van der Waals surface area contributed by atoms with Crippen LogP contribution in [0, 0.1) is 19.7 Å². The van der Waals surface area contributed by atoms with Crippen molar-refractivity contribution in [2.45, 2.75) is 13.8 Å². The number of ether oxygens (including phenoxy) is 1. The number of benzene rings is 1. The van der Waals surface area contributed by atoms with Gasteiger partial charge in [-0.15, -0.1) is 0 Å². The van der Waals surface area contributed by atoms with Crippen molar-refractivity contribution in [3.05, 3.63) is 45.4 Å². The number of rotatable bonds is 4. The van der Waals surface area contributed by atoms with E-state index in [4.69, 9.17) is 4.74 Å². The lowest BCUT2D eigenvalue weighted by Gasteiger charge is -2.08. The lowest BCUT2D eigenvalue weighted by atomic mass is 10.2. The maximum absolute atomic E-state index is 13.0. The van der Waals surface area contributed by atoms with Gasteiger partial charge in [-0.3, -0.25) is 9.48 Å². The van der Waals surface area contributed by atoms with Gasteiger partial charge in [-0.1, -0.05) is 0 Å². The summed E-state index contributed by atoms with van der Waals surface area (Å²) < 4.78 is 19.8. The average molecular weight is 384 g/mol. The summed E-state index contributed by atoms with van der Waals surface area (Å²) in [5, 5.41) is 6.84. The molecule has 1 heterocycles. The van der Waals surface area contributed by atoms with E-state index < -0.39 is 24.3 Å². The minimum Gasteiger partial charge on any atom is -0.452 e. The number of hydrogen-bond acceptors (Lipinski definition) is 4. The van der Waals surface area contributed by atoms with Crippen molar-refractivity contribution in [2.75, 3.05) is 11.9 Å². The normalized spacial score (nSPS) is 10.5. The molecule has 23 heavy (non-hydrogen) atoms. The molecule has 0 aliphatic rings. The van der Waals surface area contributed by atoms with Crippen LogP contribution in [0.1, 0.15) is 21.7 Å². The fraction of sp³-hybridized carbons (Fsp3) is 0.267. The fourth-order valence-corrected chi connectivity index (χ4v) is 2.51. The van der Waals surface area contributed by atoms with Crippen LogP contribution in [0.3, 0.4) is 0 Å². The van der Waals surface area contributed by atoms with Crippen LogP contribution >= 0.6 is 15.9 Å². The highest BCUT2D eigenvalue weighted by atomic mass is 79.9. The van der Waals surface area contributed by atoms with E-state index in [2.05, 4.69) is 26.3 Å². The van der Waals surface area contributed by atoms with E-state index in [9.17, 15) is 14.0 Å². The summed E-state index contributed by atoms with van der Waals surface area (Å²) in [4.78, 5) is 23.8. The third-order valence-electron chi connectivity index (χ3n) is 3.26. The van der Waals surface area contributed by atoms with Crippen molar-refractivity contribution in [1.82, 2.24) is 9.78 Å². The Balaban J connectivity index is 1.97. The highest BCUT2D eigenvalue weighted by Crippen LogP contribution is 2.20. The summed E-state index contributed by atoms with van der Waals surface area (Å²) in [5.41, 5.74) is 2.21. The number of anilines is 1. The van der Waals surface area contributed by atoms with Gasteiger partial charge in [0.15, 0.2) is 6.61 Å². The number of nitrogens with one attached hydrogen (secondary N) is 1. The van der Waals surface area contributed by atoms with E-state index in [1.807, 2.05) is 6.92 Å². The minimum absolute atomic E-state index is 0.146. The Hall–Kier alpha value is -2.22. The third-order valence-corrected chi connectivity index (χ3v) is 3.91. The Morgan fingerprint density at radius 1 is 1.39 bits per heavy atom. The second-order valence-electron chi connectivity index (χ2n) is 4.92. The Morgan fingerprint density at radius 2 is 2.09 bits per heavy atom. The lowest BCUT2D eigenvalue weighted by molar-refractivity contribution is -0.119. The van der Waals surface area contributed by atoms with Crippen LogP contribution in [0.5, 0.6) is 0 Å². The van der Waals surface area contributed by atoms with Gasteiger partial charge >= 0.3 is 5.97 Å². The molecule has 1 amide bonds. The Kier molecular flexibility index (Phi) is 5.15.